The maximum atomic E-state index is 12.3. The maximum Gasteiger partial charge on any atom is 0.412 e. The number of piperidine rings is 1. The Morgan fingerprint density at radius 2 is 2.03 bits per heavy atom. The molecular formula is C23H24N2O5. The zero-order chi connectivity index (χ0) is 20.9. The third-order valence-electron chi connectivity index (χ3n) is 5.04. The Morgan fingerprint density at radius 3 is 2.83 bits per heavy atom. The first-order chi connectivity index (χ1) is 14.6. The molecule has 2 aromatic carbocycles. The van der Waals surface area contributed by atoms with Crippen LogP contribution in [0.1, 0.15) is 18.4 Å². The molecule has 0 radical (unpaired) electrons. The summed E-state index contributed by atoms with van der Waals surface area (Å²) in [7, 11) is 2.08. The van der Waals surface area contributed by atoms with Crippen molar-refractivity contribution in [3.8, 4) is 5.75 Å². The summed E-state index contributed by atoms with van der Waals surface area (Å²) in [5.74, 6) is 0.661. The minimum atomic E-state index is -0.716. The lowest BCUT2D eigenvalue weighted by atomic mass is 10.1. The Balaban J connectivity index is 1.43. The highest BCUT2D eigenvalue weighted by molar-refractivity contribution is 5.88. The van der Waals surface area contributed by atoms with Crippen LogP contribution in [0.4, 0.5) is 10.5 Å². The summed E-state index contributed by atoms with van der Waals surface area (Å²) >= 11 is 0. The third kappa shape index (κ3) is 4.99. The lowest BCUT2D eigenvalue weighted by Crippen LogP contribution is -2.38. The van der Waals surface area contributed by atoms with E-state index in [1.165, 1.54) is 0 Å². The van der Waals surface area contributed by atoms with Crippen molar-refractivity contribution in [1.29, 1.82) is 0 Å². The standard InChI is InChI=1S/C23H24N2O5/c1-25-11-5-8-19(14-25)29-18-10-9-17-12-20(22(26)30-21(17)13-18)24-23(27)28-15-16-6-3-2-4-7-16/h2-4,6-7,9-10,12-13,19H,5,8,11,14-15H2,1H3,(H,24,27). The van der Waals surface area contributed by atoms with E-state index in [2.05, 4.69) is 17.3 Å². The van der Waals surface area contributed by atoms with Gasteiger partial charge in [-0.05, 0) is 50.2 Å². The predicted molar refractivity (Wildman–Crippen MR) is 114 cm³/mol. The summed E-state index contributed by atoms with van der Waals surface area (Å²) in [4.78, 5) is 26.6. The molecule has 0 bridgehead atoms. The van der Waals surface area contributed by atoms with Gasteiger partial charge >= 0.3 is 11.7 Å². The van der Waals surface area contributed by atoms with E-state index in [4.69, 9.17) is 13.9 Å². The van der Waals surface area contributed by atoms with Crippen molar-refractivity contribution in [1.82, 2.24) is 4.90 Å². The van der Waals surface area contributed by atoms with Crippen LogP contribution >= 0.6 is 0 Å². The molecule has 3 aromatic rings. The highest BCUT2D eigenvalue weighted by Gasteiger charge is 2.19. The number of likely N-dealkylation sites (tertiary alicyclic amines) is 1. The average Bonchev–Trinajstić information content (AvgIpc) is 2.74. The Labute approximate surface area is 174 Å². The van der Waals surface area contributed by atoms with Gasteiger partial charge in [0.25, 0.3) is 0 Å². The fourth-order valence-electron chi connectivity index (χ4n) is 3.53. The quantitative estimate of drug-likeness (QED) is 0.643. The van der Waals surface area contributed by atoms with Gasteiger partial charge in [-0.25, -0.2) is 9.59 Å². The number of anilines is 1. The van der Waals surface area contributed by atoms with Crippen LogP contribution in [-0.2, 0) is 11.3 Å². The van der Waals surface area contributed by atoms with Gasteiger partial charge in [-0.3, -0.25) is 5.32 Å². The molecule has 1 N–H and O–H groups in total. The molecule has 156 valence electrons. The van der Waals surface area contributed by atoms with Gasteiger partial charge in [-0.1, -0.05) is 30.3 Å². The maximum absolute atomic E-state index is 12.3. The van der Waals surface area contributed by atoms with Crippen LogP contribution in [0, 0.1) is 0 Å². The topological polar surface area (TPSA) is 81.0 Å². The summed E-state index contributed by atoms with van der Waals surface area (Å²) in [5, 5.41) is 3.14. The second kappa shape index (κ2) is 9.00. The number of hydrogen-bond donors (Lipinski definition) is 1. The zero-order valence-electron chi connectivity index (χ0n) is 16.8. The van der Waals surface area contributed by atoms with Crippen molar-refractivity contribution >= 4 is 22.7 Å². The summed E-state index contributed by atoms with van der Waals surface area (Å²) in [6.07, 6.45) is 1.50. The van der Waals surface area contributed by atoms with Crippen molar-refractivity contribution < 1.29 is 18.7 Å². The fourth-order valence-corrected chi connectivity index (χ4v) is 3.53. The molecule has 7 heteroatoms. The molecule has 1 saturated heterocycles. The van der Waals surface area contributed by atoms with Crippen molar-refractivity contribution in [2.75, 3.05) is 25.5 Å². The Kier molecular flexibility index (Phi) is 5.99. The number of nitrogens with zero attached hydrogens (tertiary/aromatic N) is 1. The van der Waals surface area contributed by atoms with Crippen LogP contribution in [0.25, 0.3) is 11.0 Å². The number of amides is 1. The van der Waals surface area contributed by atoms with Crippen LogP contribution in [-0.4, -0.2) is 37.2 Å². The van der Waals surface area contributed by atoms with E-state index in [1.54, 1.807) is 18.2 Å². The van der Waals surface area contributed by atoms with Crippen molar-refractivity contribution in [2.24, 2.45) is 0 Å². The molecule has 30 heavy (non-hydrogen) atoms. The van der Waals surface area contributed by atoms with Gasteiger partial charge in [0.15, 0.2) is 0 Å². The van der Waals surface area contributed by atoms with Crippen LogP contribution in [0.5, 0.6) is 5.75 Å². The van der Waals surface area contributed by atoms with Crippen molar-refractivity contribution in [2.45, 2.75) is 25.6 Å². The number of fused-ring (bicyclic) bond motifs is 1. The van der Waals surface area contributed by atoms with Gasteiger partial charge in [0, 0.05) is 18.0 Å². The van der Waals surface area contributed by atoms with Gasteiger partial charge in [-0.15, -0.1) is 0 Å². The molecule has 0 saturated carbocycles. The number of carbonyl (C=O) groups is 1. The molecule has 7 nitrogen and oxygen atoms in total. The first-order valence-corrected chi connectivity index (χ1v) is 9.97. The second-order valence-corrected chi connectivity index (χ2v) is 7.48. The van der Waals surface area contributed by atoms with E-state index in [0.29, 0.717) is 16.7 Å². The summed E-state index contributed by atoms with van der Waals surface area (Å²) in [6, 6.07) is 16.2. The molecule has 1 unspecified atom stereocenters. The van der Waals surface area contributed by atoms with Crippen LogP contribution < -0.4 is 15.7 Å². The number of hydrogen-bond acceptors (Lipinski definition) is 6. The molecule has 0 spiro atoms. The highest BCUT2D eigenvalue weighted by atomic mass is 16.5. The largest absolute Gasteiger partial charge is 0.489 e. The predicted octanol–water partition coefficient (Wildman–Crippen LogP) is 4.01. The van der Waals surface area contributed by atoms with Crippen molar-refractivity contribution in [3.63, 3.8) is 0 Å². The van der Waals surface area contributed by atoms with E-state index in [-0.39, 0.29) is 18.4 Å². The number of rotatable bonds is 5. The van der Waals surface area contributed by atoms with E-state index in [9.17, 15) is 9.59 Å². The summed E-state index contributed by atoms with van der Waals surface area (Å²) in [6.45, 7) is 2.06. The molecule has 1 atom stereocenters. The van der Waals surface area contributed by atoms with Gasteiger partial charge in [0.2, 0.25) is 0 Å². The molecule has 2 heterocycles. The minimum Gasteiger partial charge on any atom is -0.489 e. The molecule has 1 aliphatic rings. The fraction of sp³-hybridized carbons (Fsp3) is 0.304. The zero-order valence-corrected chi connectivity index (χ0v) is 16.8. The smallest absolute Gasteiger partial charge is 0.412 e. The van der Waals surface area contributed by atoms with E-state index >= 15 is 0 Å². The van der Waals surface area contributed by atoms with Gasteiger partial charge in [0.1, 0.15) is 29.7 Å². The summed E-state index contributed by atoms with van der Waals surface area (Å²) in [5.41, 5.74) is 0.650. The van der Waals surface area contributed by atoms with Gasteiger partial charge < -0.3 is 18.8 Å². The number of nitrogens with one attached hydrogen (secondary N) is 1. The highest BCUT2D eigenvalue weighted by Crippen LogP contribution is 2.24. The van der Waals surface area contributed by atoms with Crippen LogP contribution in [0.15, 0.2) is 63.8 Å². The van der Waals surface area contributed by atoms with E-state index in [0.717, 1.165) is 31.5 Å². The number of ether oxygens (including phenoxy) is 2. The van der Waals surface area contributed by atoms with Gasteiger partial charge in [-0.2, -0.15) is 0 Å². The molecule has 1 amide bonds. The van der Waals surface area contributed by atoms with Crippen molar-refractivity contribution in [3.05, 3.63) is 70.6 Å². The lowest BCUT2D eigenvalue weighted by molar-refractivity contribution is 0.104. The van der Waals surface area contributed by atoms with E-state index < -0.39 is 11.7 Å². The summed E-state index contributed by atoms with van der Waals surface area (Å²) < 4.78 is 16.6. The molecule has 4 rings (SSSR count). The van der Waals surface area contributed by atoms with Crippen LogP contribution in [0.2, 0.25) is 0 Å². The SMILES string of the molecule is CN1CCCC(Oc2ccc3cc(NC(=O)OCc4ccccc4)c(=O)oc3c2)C1. The molecule has 0 aliphatic carbocycles. The second-order valence-electron chi connectivity index (χ2n) is 7.48. The van der Waals surface area contributed by atoms with E-state index in [1.807, 2.05) is 36.4 Å². The minimum absolute atomic E-state index is 0.0307. The normalized spacial score (nSPS) is 16.9. The molecule has 1 aromatic heterocycles. The average molecular weight is 408 g/mol. The first kappa shape index (κ1) is 20.0. The monoisotopic (exact) mass is 408 g/mol. The Hall–Kier alpha value is -3.32. The molecule has 1 fully saturated rings. The Bertz CT molecular complexity index is 1080. The number of benzene rings is 2. The van der Waals surface area contributed by atoms with Crippen LogP contribution in [0.3, 0.4) is 0 Å². The van der Waals surface area contributed by atoms with Gasteiger partial charge in [0.05, 0.1) is 0 Å². The first-order valence-electron chi connectivity index (χ1n) is 9.97. The third-order valence-corrected chi connectivity index (χ3v) is 5.04. The molecule has 1 aliphatic heterocycles. The molecular weight excluding hydrogens is 384 g/mol. The number of carbonyl (C=O) groups excluding carboxylic acids is 1. The lowest BCUT2D eigenvalue weighted by Gasteiger charge is -2.30. The number of likely N-dealkylation sites (N-methyl/N-ethyl adjacent to an activating group) is 1. The Morgan fingerprint density at radius 1 is 1.20 bits per heavy atom.